The molecule has 0 amide bonds. The Morgan fingerprint density at radius 3 is 0.952 bits per heavy atom. The Balaban J connectivity index is 0.000000168. The zero-order valence-corrected chi connectivity index (χ0v) is 41.8. The Morgan fingerprint density at radius 2 is 0.629 bits per heavy atom. The maximum Gasteiger partial charge on any atom is 1.00 e. The average Bonchev–Trinajstić information content (AvgIpc) is 3.91. The van der Waals surface area contributed by atoms with Gasteiger partial charge in [0.15, 0.2) is 0 Å². The molecule has 0 bridgehead atoms. The van der Waals surface area contributed by atoms with Crippen LogP contribution in [-0.4, -0.2) is 12.3 Å². The van der Waals surface area contributed by atoms with Crippen molar-refractivity contribution in [1.29, 1.82) is 0 Å². The minimum atomic E-state index is -0.714. The van der Waals surface area contributed by atoms with E-state index in [1.165, 1.54) is 76.0 Å². The van der Waals surface area contributed by atoms with E-state index in [2.05, 4.69) is 170 Å². The van der Waals surface area contributed by atoms with Crippen LogP contribution in [0, 0.1) is 24.7 Å². The molecular formula is C56H44Au2P2S2+2. The van der Waals surface area contributed by atoms with Gasteiger partial charge in [-0.2, -0.15) is 0 Å². The summed E-state index contributed by atoms with van der Waals surface area (Å²) in [5.41, 5.74) is 1.76. The van der Waals surface area contributed by atoms with Crippen molar-refractivity contribution in [3.63, 3.8) is 0 Å². The SMILES string of the molecule is [Au+].[Au+].[C-]#Cc1cccc2sc3ccccc3c12.[C-]#Cc1cccc2sc3ccccc3c12.c1ccc([PH+](CCCC[PH+](c2ccccc2)c2ccccc2)c2ccccc2)cc1. The third-order valence-corrected chi connectivity index (χ3v) is 18.8. The first kappa shape index (κ1) is 47.1. The molecule has 2 heterocycles. The van der Waals surface area contributed by atoms with Crippen LogP contribution in [-0.2, 0) is 44.8 Å². The van der Waals surface area contributed by atoms with E-state index < -0.39 is 15.8 Å². The third-order valence-electron chi connectivity index (χ3n) is 10.7. The van der Waals surface area contributed by atoms with Crippen LogP contribution in [0.25, 0.3) is 40.3 Å². The zero-order chi connectivity index (χ0) is 40.9. The van der Waals surface area contributed by atoms with E-state index in [0.717, 1.165) is 21.9 Å². The van der Waals surface area contributed by atoms with Crippen molar-refractivity contribution in [2.45, 2.75) is 12.8 Å². The van der Waals surface area contributed by atoms with Crippen LogP contribution in [0.2, 0.25) is 0 Å². The zero-order valence-electron chi connectivity index (χ0n) is 33.9. The predicted octanol–water partition coefficient (Wildman–Crippen LogP) is 13.5. The molecule has 0 radical (unpaired) electrons. The number of unbranched alkanes of at least 4 members (excludes halogenated alkanes) is 1. The van der Waals surface area contributed by atoms with Crippen LogP contribution in [0.3, 0.4) is 0 Å². The topological polar surface area (TPSA) is 0 Å². The summed E-state index contributed by atoms with van der Waals surface area (Å²) in [5.74, 6) is 5.01. The van der Waals surface area contributed by atoms with Crippen molar-refractivity contribution in [1.82, 2.24) is 0 Å². The molecule has 0 spiro atoms. The minimum Gasteiger partial charge on any atom is -0.366 e. The minimum absolute atomic E-state index is 0. The number of hydrogen-bond acceptors (Lipinski definition) is 2. The van der Waals surface area contributed by atoms with Gasteiger partial charge in [-0.1, -0.05) is 132 Å². The van der Waals surface area contributed by atoms with Crippen LogP contribution < -0.4 is 21.2 Å². The summed E-state index contributed by atoms with van der Waals surface area (Å²) in [4.78, 5) is 0. The molecule has 0 aliphatic rings. The van der Waals surface area contributed by atoms with E-state index >= 15 is 0 Å². The first-order valence-corrected chi connectivity index (χ1v) is 25.4. The summed E-state index contributed by atoms with van der Waals surface area (Å²) in [6, 6.07) is 73.3. The molecule has 2 aromatic heterocycles. The van der Waals surface area contributed by atoms with E-state index in [1.54, 1.807) is 22.7 Å². The summed E-state index contributed by atoms with van der Waals surface area (Å²) in [6.45, 7) is 0. The van der Waals surface area contributed by atoms with Crippen LogP contribution >= 0.6 is 38.5 Å². The van der Waals surface area contributed by atoms with E-state index in [9.17, 15) is 0 Å². The molecular weight excluding hydrogens is 1190 g/mol. The number of fused-ring (bicyclic) bond motifs is 6. The van der Waals surface area contributed by atoms with Crippen molar-refractivity contribution < 1.29 is 44.8 Å². The van der Waals surface area contributed by atoms with Crippen LogP contribution in [0.5, 0.6) is 0 Å². The van der Waals surface area contributed by atoms with Crippen molar-refractivity contribution >= 4 is 100 Å². The standard InChI is InChI=1S/C28H28P2.2C14H7S.2Au/c1-5-15-25(16-6-1)29(26-17-7-2-8-18-26)23-13-14-24-30(27-19-9-3-10-20-27)28-21-11-4-12-22-28;2*1-2-10-6-5-9-13-14(10)11-7-3-4-8-12(11)15-13;;/h1-12,15-22H,13-14,23-24H2;2*3-9H;;/q;2*-1;2*+1/p+2. The summed E-state index contributed by atoms with van der Waals surface area (Å²) in [7, 11) is -1.43. The van der Waals surface area contributed by atoms with Gasteiger partial charge in [0.1, 0.15) is 0 Å². The Morgan fingerprint density at radius 1 is 0.339 bits per heavy atom. The van der Waals surface area contributed by atoms with Gasteiger partial charge in [0, 0.05) is 18.8 Å². The van der Waals surface area contributed by atoms with Crippen molar-refractivity contribution in [3.05, 3.63) is 230 Å². The second kappa shape index (κ2) is 23.9. The fourth-order valence-corrected chi connectivity index (χ4v) is 15.5. The fraction of sp³-hybridized carbons (Fsp3) is 0.0714. The maximum absolute atomic E-state index is 7.29. The van der Waals surface area contributed by atoms with Gasteiger partial charge < -0.3 is 12.8 Å². The summed E-state index contributed by atoms with van der Waals surface area (Å²) >= 11 is 3.54. The Hall–Kier alpha value is -4.34. The smallest absolute Gasteiger partial charge is 0.366 e. The van der Waals surface area contributed by atoms with Crippen molar-refractivity contribution in [2.24, 2.45) is 0 Å². The van der Waals surface area contributed by atoms with Crippen LogP contribution in [0.1, 0.15) is 24.0 Å². The van der Waals surface area contributed by atoms with Gasteiger partial charge in [0.2, 0.25) is 0 Å². The van der Waals surface area contributed by atoms with Crippen LogP contribution in [0.4, 0.5) is 0 Å². The van der Waals surface area contributed by atoms with E-state index in [0.29, 0.717) is 0 Å². The second-order valence-electron chi connectivity index (χ2n) is 14.4. The number of rotatable bonds is 9. The monoisotopic (exact) mass is 1240 g/mol. The predicted molar refractivity (Wildman–Crippen MR) is 271 cm³/mol. The Bertz CT molecular complexity index is 2740. The van der Waals surface area contributed by atoms with Crippen molar-refractivity contribution in [3.8, 4) is 11.8 Å². The number of hydrogen-bond donors (Lipinski definition) is 0. The fourth-order valence-electron chi connectivity index (χ4n) is 7.83. The van der Waals surface area contributed by atoms with E-state index in [-0.39, 0.29) is 44.8 Å². The Labute approximate surface area is 408 Å². The Kier molecular flexibility index (Phi) is 18.2. The molecule has 0 unspecified atom stereocenters. The maximum atomic E-state index is 7.29. The molecule has 310 valence electrons. The quantitative estimate of drug-likeness (QED) is 0.0444. The first-order chi connectivity index (χ1) is 29.7. The molecule has 62 heavy (non-hydrogen) atoms. The van der Waals surface area contributed by atoms with Gasteiger partial charge in [-0.25, -0.2) is 0 Å². The number of benzene rings is 8. The van der Waals surface area contributed by atoms with Gasteiger partial charge in [-0.05, 0) is 96.4 Å². The second-order valence-corrected chi connectivity index (χ2v) is 21.8. The van der Waals surface area contributed by atoms with Gasteiger partial charge in [-0.15, -0.1) is 45.9 Å². The average molecular weight is 1240 g/mol. The van der Waals surface area contributed by atoms with Crippen molar-refractivity contribution in [2.75, 3.05) is 12.3 Å². The molecule has 0 saturated carbocycles. The molecule has 0 aliphatic heterocycles. The molecule has 0 fully saturated rings. The van der Waals surface area contributed by atoms with E-state index in [4.69, 9.17) is 12.8 Å². The number of thiophene rings is 2. The molecule has 10 aromatic rings. The largest absolute Gasteiger partial charge is 1.00 e. The third kappa shape index (κ3) is 11.4. The normalized spacial score (nSPS) is 10.5. The summed E-state index contributed by atoms with van der Waals surface area (Å²) in [5, 5.41) is 10.9. The van der Waals surface area contributed by atoms with Gasteiger partial charge >= 0.3 is 44.8 Å². The molecule has 0 aliphatic carbocycles. The molecule has 10 rings (SSSR count). The van der Waals surface area contributed by atoms with E-state index in [1.807, 2.05) is 48.5 Å². The molecule has 0 N–H and O–H groups in total. The molecule has 6 heteroatoms. The molecule has 0 saturated heterocycles. The molecule has 0 nitrogen and oxygen atoms in total. The van der Waals surface area contributed by atoms with Gasteiger partial charge in [0.25, 0.3) is 0 Å². The van der Waals surface area contributed by atoms with Crippen LogP contribution in [0.15, 0.2) is 206 Å². The van der Waals surface area contributed by atoms with Gasteiger partial charge in [-0.3, -0.25) is 11.8 Å². The van der Waals surface area contributed by atoms with Gasteiger partial charge in [0.05, 0.1) is 49.4 Å². The summed E-state index contributed by atoms with van der Waals surface area (Å²) in [6.07, 6.45) is 19.8. The molecule has 8 aromatic carbocycles. The summed E-state index contributed by atoms with van der Waals surface area (Å²) < 4.78 is 5.01. The first-order valence-electron chi connectivity index (χ1n) is 20.3. The molecule has 0 atom stereocenters.